The SMILES string of the molecule is CCCNCC(C)(O)c1ccnn1-c1ccccc1. The van der Waals surface area contributed by atoms with E-state index in [1.165, 1.54) is 0 Å². The molecular formula is C15H21N3O. The summed E-state index contributed by atoms with van der Waals surface area (Å²) in [6.07, 6.45) is 2.77. The minimum Gasteiger partial charge on any atom is -0.383 e. The van der Waals surface area contributed by atoms with E-state index in [2.05, 4.69) is 17.3 Å². The zero-order valence-corrected chi connectivity index (χ0v) is 11.5. The van der Waals surface area contributed by atoms with E-state index in [0.29, 0.717) is 6.54 Å². The van der Waals surface area contributed by atoms with Crippen molar-refractivity contribution in [1.82, 2.24) is 15.1 Å². The molecule has 0 fully saturated rings. The van der Waals surface area contributed by atoms with Crippen molar-refractivity contribution < 1.29 is 5.11 Å². The average Bonchev–Trinajstić information content (AvgIpc) is 2.90. The summed E-state index contributed by atoms with van der Waals surface area (Å²) < 4.78 is 1.79. The number of nitrogens with zero attached hydrogens (tertiary/aromatic N) is 2. The van der Waals surface area contributed by atoms with Gasteiger partial charge in [0.15, 0.2) is 0 Å². The first-order valence-electron chi connectivity index (χ1n) is 6.68. The first kappa shape index (κ1) is 13.8. The van der Waals surface area contributed by atoms with Gasteiger partial charge < -0.3 is 10.4 Å². The van der Waals surface area contributed by atoms with Gasteiger partial charge in [-0.3, -0.25) is 0 Å². The van der Waals surface area contributed by atoms with Crippen LogP contribution < -0.4 is 5.32 Å². The predicted molar refractivity (Wildman–Crippen MR) is 76.3 cm³/mol. The van der Waals surface area contributed by atoms with Crippen LogP contribution in [0.1, 0.15) is 26.0 Å². The highest BCUT2D eigenvalue weighted by molar-refractivity contribution is 5.33. The first-order chi connectivity index (χ1) is 9.15. The lowest BCUT2D eigenvalue weighted by molar-refractivity contribution is 0.0502. The van der Waals surface area contributed by atoms with Crippen LogP contribution in [0, 0.1) is 0 Å². The number of hydrogen-bond acceptors (Lipinski definition) is 3. The largest absolute Gasteiger partial charge is 0.383 e. The highest BCUT2D eigenvalue weighted by Crippen LogP contribution is 2.22. The van der Waals surface area contributed by atoms with Crippen LogP contribution in [0.15, 0.2) is 42.6 Å². The van der Waals surface area contributed by atoms with Crippen molar-refractivity contribution in [1.29, 1.82) is 0 Å². The van der Waals surface area contributed by atoms with E-state index in [1.54, 1.807) is 10.9 Å². The molecule has 4 heteroatoms. The summed E-state index contributed by atoms with van der Waals surface area (Å²) in [5, 5.41) is 18.2. The lowest BCUT2D eigenvalue weighted by atomic mass is 10.0. The molecule has 0 bridgehead atoms. The lowest BCUT2D eigenvalue weighted by Crippen LogP contribution is -2.37. The third kappa shape index (κ3) is 3.22. The first-order valence-corrected chi connectivity index (χ1v) is 6.68. The monoisotopic (exact) mass is 259 g/mol. The highest BCUT2D eigenvalue weighted by Gasteiger charge is 2.27. The molecule has 2 rings (SSSR count). The molecule has 1 aromatic carbocycles. The van der Waals surface area contributed by atoms with Gasteiger partial charge in [0.1, 0.15) is 5.60 Å². The minimum atomic E-state index is -0.943. The van der Waals surface area contributed by atoms with Crippen LogP contribution in [0.5, 0.6) is 0 Å². The number of rotatable bonds is 6. The molecule has 1 unspecified atom stereocenters. The van der Waals surface area contributed by atoms with E-state index >= 15 is 0 Å². The summed E-state index contributed by atoms with van der Waals surface area (Å²) >= 11 is 0. The molecule has 0 aliphatic heterocycles. The van der Waals surface area contributed by atoms with E-state index < -0.39 is 5.60 Å². The molecule has 0 amide bonds. The van der Waals surface area contributed by atoms with Gasteiger partial charge in [0, 0.05) is 12.7 Å². The van der Waals surface area contributed by atoms with Gasteiger partial charge in [-0.15, -0.1) is 0 Å². The van der Waals surface area contributed by atoms with Crippen molar-refractivity contribution in [2.45, 2.75) is 25.9 Å². The van der Waals surface area contributed by atoms with Crippen molar-refractivity contribution in [3.05, 3.63) is 48.3 Å². The molecule has 1 atom stereocenters. The Balaban J connectivity index is 2.24. The molecular weight excluding hydrogens is 238 g/mol. The van der Waals surface area contributed by atoms with Crippen molar-refractivity contribution >= 4 is 0 Å². The number of benzene rings is 1. The fourth-order valence-electron chi connectivity index (χ4n) is 2.09. The fourth-order valence-corrected chi connectivity index (χ4v) is 2.09. The number of aliphatic hydroxyl groups is 1. The van der Waals surface area contributed by atoms with Crippen LogP contribution in [0.4, 0.5) is 0 Å². The van der Waals surface area contributed by atoms with Gasteiger partial charge in [-0.2, -0.15) is 5.10 Å². The molecule has 0 saturated heterocycles. The Labute approximate surface area is 114 Å². The number of nitrogens with one attached hydrogen (secondary N) is 1. The molecule has 0 spiro atoms. The van der Waals surface area contributed by atoms with Crippen LogP contribution in [0.2, 0.25) is 0 Å². The fraction of sp³-hybridized carbons (Fsp3) is 0.400. The van der Waals surface area contributed by atoms with Crippen molar-refractivity contribution in [2.24, 2.45) is 0 Å². The van der Waals surface area contributed by atoms with Crippen molar-refractivity contribution in [2.75, 3.05) is 13.1 Å². The van der Waals surface area contributed by atoms with Gasteiger partial charge in [0.05, 0.1) is 11.4 Å². The van der Waals surface area contributed by atoms with Crippen LogP contribution in [-0.4, -0.2) is 28.0 Å². The second kappa shape index (κ2) is 5.99. The molecule has 2 aromatic rings. The van der Waals surface area contributed by atoms with Gasteiger partial charge in [-0.25, -0.2) is 4.68 Å². The molecule has 0 radical (unpaired) electrons. The molecule has 0 aliphatic rings. The number of aromatic nitrogens is 2. The van der Waals surface area contributed by atoms with E-state index in [9.17, 15) is 5.11 Å². The Morgan fingerprint density at radius 1 is 1.26 bits per heavy atom. The van der Waals surface area contributed by atoms with Crippen LogP contribution >= 0.6 is 0 Å². The smallest absolute Gasteiger partial charge is 0.116 e. The Bertz CT molecular complexity index is 505. The standard InChI is InChI=1S/C15H21N3O/c1-3-10-16-12-15(2,19)14-9-11-17-18(14)13-7-5-4-6-8-13/h4-9,11,16,19H,3,10,12H2,1-2H3. The second-order valence-corrected chi connectivity index (χ2v) is 4.91. The number of hydrogen-bond donors (Lipinski definition) is 2. The molecule has 102 valence electrons. The molecule has 1 heterocycles. The normalized spacial score (nSPS) is 14.3. The Hall–Kier alpha value is -1.65. The topological polar surface area (TPSA) is 50.1 Å². The molecule has 19 heavy (non-hydrogen) atoms. The zero-order chi connectivity index (χ0) is 13.7. The molecule has 2 N–H and O–H groups in total. The van der Waals surface area contributed by atoms with Gasteiger partial charge in [-0.05, 0) is 38.1 Å². The van der Waals surface area contributed by atoms with Crippen molar-refractivity contribution in [3.63, 3.8) is 0 Å². The van der Waals surface area contributed by atoms with Gasteiger partial charge in [0.2, 0.25) is 0 Å². The van der Waals surface area contributed by atoms with Crippen LogP contribution in [0.25, 0.3) is 5.69 Å². The lowest BCUT2D eigenvalue weighted by Gasteiger charge is -2.25. The summed E-state index contributed by atoms with van der Waals surface area (Å²) in [5.41, 5.74) is 0.808. The maximum Gasteiger partial charge on any atom is 0.116 e. The van der Waals surface area contributed by atoms with E-state index in [0.717, 1.165) is 24.3 Å². The van der Waals surface area contributed by atoms with Crippen molar-refractivity contribution in [3.8, 4) is 5.69 Å². The molecule has 4 nitrogen and oxygen atoms in total. The third-order valence-corrected chi connectivity index (χ3v) is 3.09. The molecule has 1 aromatic heterocycles. The van der Waals surface area contributed by atoms with E-state index in [4.69, 9.17) is 0 Å². The highest BCUT2D eigenvalue weighted by atomic mass is 16.3. The minimum absolute atomic E-state index is 0.513. The quantitative estimate of drug-likeness (QED) is 0.781. The summed E-state index contributed by atoms with van der Waals surface area (Å²) in [5.74, 6) is 0. The maximum atomic E-state index is 10.6. The summed E-state index contributed by atoms with van der Waals surface area (Å²) in [6.45, 7) is 5.33. The second-order valence-electron chi connectivity index (χ2n) is 4.91. The van der Waals surface area contributed by atoms with E-state index in [-0.39, 0.29) is 0 Å². The van der Waals surface area contributed by atoms with E-state index in [1.807, 2.05) is 43.3 Å². The summed E-state index contributed by atoms with van der Waals surface area (Å²) in [7, 11) is 0. The summed E-state index contributed by atoms with van der Waals surface area (Å²) in [4.78, 5) is 0. The Morgan fingerprint density at radius 2 is 2.00 bits per heavy atom. The molecule has 0 aliphatic carbocycles. The maximum absolute atomic E-state index is 10.6. The number of para-hydroxylation sites is 1. The Kier molecular flexibility index (Phi) is 4.35. The van der Waals surface area contributed by atoms with Gasteiger partial charge in [0.25, 0.3) is 0 Å². The third-order valence-electron chi connectivity index (χ3n) is 3.09. The van der Waals surface area contributed by atoms with Gasteiger partial charge in [-0.1, -0.05) is 25.1 Å². The van der Waals surface area contributed by atoms with Crippen LogP contribution in [-0.2, 0) is 5.60 Å². The zero-order valence-electron chi connectivity index (χ0n) is 11.5. The van der Waals surface area contributed by atoms with Gasteiger partial charge >= 0.3 is 0 Å². The summed E-state index contributed by atoms with van der Waals surface area (Å²) in [6, 6.07) is 11.7. The van der Waals surface area contributed by atoms with Crippen LogP contribution in [0.3, 0.4) is 0 Å². The predicted octanol–water partition coefficient (Wildman–Crippen LogP) is 2.08. The Morgan fingerprint density at radius 3 is 2.68 bits per heavy atom. The average molecular weight is 259 g/mol. The molecule has 0 saturated carbocycles.